The first-order valence-electron chi connectivity index (χ1n) is 8.09. The van der Waals surface area contributed by atoms with Crippen LogP contribution in [0.3, 0.4) is 0 Å². The topological polar surface area (TPSA) is 89.8 Å². The van der Waals surface area contributed by atoms with Gasteiger partial charge in [-0.15, -0.1) is 0 Å². The van der Waals surface area contributed by atoms with Crippen LogP contribution in [0, 0.1) is 11.2 Å². The molecule has 7 nitrogen and oxygen atoms in total. The minimum atomic E-state index is -0.708. The molecule has 2 heterocycles. The van der Waals surface area contributed by atoms with Crippen LogP contribution >= 0.6 is 0 Å². The van der Waals surface area contributed by atoms with Crippen molar-refractivity contribution in [3.63, 3.8) is 0 Å². The Morgan fingerprint density at radius 2 is 1.59 bits per heavy atom. The molecule has 27 heavy (non-hydrogen) atoms. The van der Waals surface area contributed by atoms with Gasteiger partial charge in [0.2, 0.25) is 0 Å². The van der Waals surface area contributed by atoms with E-state index < -0.39 is 22.8 Å². The summed E-state index contributed by atoms with van der Waals surface area (Å²) in [7, 11) is 2.79. The summed E-state index contributed by atoms with van der Waals surface area (Å²) in [6.45, 7) is 0.0877. The van der Waals surface area contributed by atoms with Crippen LogP contribution in [0.1, 0.15) is 21.6 Å². The molecule has 1 N–H and O–H groups in total. The molecule has 3 rings (SSSR count). The van der Waals surface area contributed by atoms with Crippen LogP contribution in [0.5, 0.6) is 0 Å². The molecule has 0 bridgehead atoms. The highest BCUT2D eigenvalue weighted by molar-refractivity contribution is 6.09. The molecule has 138 valence electrons. The zero-order valence-electron chi connectivity index (χ0n) is 14.8. The summed E-state index contributed by atoms with van der Waals surface area (Å²) < 4.78 is 17.0. The smallest absolute Gasteiger partial charge is 0.330 e. The second-order valence-corrected chi connectivity index (χ2v) is 6.12. The van der Waals surface area contributed by atoms with E-state index in [1.807, 2.05) is 0 Å². The van der Waals surface area contributed by atoms with Crippen molar-refractivity contribution in [3.8, 4) is 0 Å². The molecule has 2 aromatic heterocycles. The van der Waals surface area contributed by atoms with Crippen LogP contribution in [0.15, 0.2) is 58.4 Å². The van der Waals surface area contributed by atoms with E-state index in [-0.39, 0.29) is 23.4 Å². The maximum Gasteiger partial charge on any atom is 0.330 e. The molecule has 0 unspecified atom stereocenters. The van der Waals surface area contributed by atoms with E-state index in [4.69, 9.17) is 5.41 Å². The molecule has 0 spiro atoms. The second-order valence-electron chi connectivity index (χ2n) is 6.12. The number of carbonyl (C=O) groups is 1. The summed E-state index contributed by atoms with van der Waals surface area (Å²) in [6, 6.07) is 7.99. The van der Waals surface area contributed by atoms with E-state index in [0.29, 0.717) is 5.36 Å². The van der Waals surface area contributed by atoms with Crippen LogP contribution < -0.4 is 16.6 Å². The Morgan fingerprint density at radius 3 is 2.19 bits per heavy atom. The maximum absolute atomic E-state index is 13.2. The van der Waals surface area contributed by atoms with Gasteiger partial charge in [0.05, 0.1) is 17.6 Å². The van der Waals surface area contributed by atoms with Gasteiger partial charge in [-0.3, -0.25) is 18.7 Å². The normalized spacial score (nSPS) is 10.8. The first-order chi connectivity index (χ1) is 12.8. The third kappa shape index (κ3) is 3.41. The van der Waals surface area contributed by atoms with Gasteiger partial charge < -0.3 is 9.98 Å². The lowest BCUT2D eigenvalue weighted by molar-refractivity contribution is 0.103. The van der Waals surface area contributed by atoms with Gasteiger partial charge in [0.1, 0.15) is 11.4 Å². The van der Waals surface area contributed by atoms with Gasteiger partial charge in [0.25, 0.3) is 5.56 Å². The first-order valence-corrected chi connectivity index (χ1v) is 8.09. The largest absolute Gasteiger partial charge is 0.348 e. The van der Waals surface area contributed by atoms with E-state index in [1.54, 1.807) is 29.1 Å². The van der Waals surface area contributed by atoms with Crippen molar-refractivity contribution in [2.45, 2.75) is 6.54 Å². The third-order valence-electron chi connectivity index (χ3n) is 4.34. The van der Waals surface area contributed by atoms with Crippen LogP contribution in [0.4, 0.5) is 4.39 Å². The Kier molecular flexibility index (Phi) is 4.72. The van der Waals surface area contributed by atoms with Crippen LogP contribution in [-0.2, 0) is 20.6 Å². The van der Waals surface area contributed by atoms with E-state index in [9.17, 15) is 18.8 Å². The molecule has 0 saturated heterocycles. The molecule has 0 aliphatic rings. The Bertz CT molecular complexity index is 1180. The number of nitrogens with one attached hydrogen (secondary N) is 1. The molecule has 0 fully saturated rings. The van der Waals surface area contributed by atoms with Crippen molar-refractivity contribution in [2.75, 3.05) is 0 Å². The molecule has 8 heteroatoms. The quantitative estimate of drug-likeness (QED) is 0.690. The predicted molar refractivity (Wildman–Crippen MR) is 96.1 cm³/mol. The lowest BCUT2D eigenvalue weighted by Crippen LogP contribution is -2.43. The fourth-order valence-corrected chi connectivity index (χ4v) is 2.78. The molecule has 0 atom stereocenters. The summed E-state index contributed by atoms with van der Waals surface area (Å²) in [5.41, 5.74) is -1.02. The molecule has 0 radical (unpaired) electrons. The van der Waals surface area contributed by atoms with Crippen molar-refractivity contribution in [2.24, 2.45) is 14.1 Å². The van der Waals surface area contributed by atoms with Gasteiger partial charge in [-0.25, -0.2) is 9.18 Å². The SMILES string of the molecule is Cn1c(Cn2ccc(=N)cc2)c(C(=O)c2ccc(F)cc2)c(=O)n(C)c1=O. The molecular formula is C19H17FN4O3. The van der Waals surface area contributed by atoms with Gasteiger partial charge in [-0.05, 0) is 36.4 Å². The number of hydrogen-bond donors (Lipinski definition) is 1. The van der Waals surface area contributed by atoms with Crippen LogP contribution in [0.25, 0.3) is 0 Å². The van der Waals surface area contributed by atoms with Crippen molar-refractivity contribution in [1.82, 2.24) is 13.7 Å². The van der Waals surface area contributed by atoms with Crippen molar-refractivity contribution in [1.29, 1.82) is 5.41 Å². The lowest BCUT2D eigenvalue weighted by atomic mass is 10.0. The molecule has 1 aromatic carbocycles. The Balaban J connectivity index is 2.22. The highest BCUT2D eigenvalue weighted by atomic mass is 19.1. The summed E-state index contributed by atoms with van der Waals surface area (Å²) in [5, 5.41) is 7.86. The monoisotopic (exact) mass is 368 g/mol. The van der Waals surface area contributed by atoms with E-state index >= 15 is 0 Å². The van der Waals surface area contributed by atoms with E-state index in [0.717, 1.165) is 16.7 Å². The van der Waals surface area contributed by atoms with E-state index in [2.05, 4.69) is 0 Å². The summed E-state index contributed by atoms with van der Waals surface area (Å²) in [5.74, 6) is -1.08. The average molecular weight is 368 g/mol. The molecule has 0 saturated carbocycles. The molecular weight excluding hydrogens is 351 g/mol. The van der Waals surface area contributed by atoms with E-state index in [1.165, 1.54) is 30.8 Å². The minimum absolute atomic E-state index is 0.0877. The van der Waals surface area contributed by atoms with Crippen molar-refractivity contribution in [3.05, 3.63) is 97.6 Å². The predicted octanol–water partition coefficient (Wildman–Crippen LogP) is 0.783. The number of ketones is 1. The van der Waals surface area contributed by atoms with Crippen molar-refractivity contribution >= 4 is 5.78 Å². The number of carbonyl (C=O) groups excluding carboxylic acids is 1. The van der Waals surface area contributed by atoms with Gasteiger partial charge in [0, 0.05) is 32.1 Å². The molecule has 0 amide bonds. The summed E-state index contributed by atoms with van der Waals surface area (Å²) >= 11 is 0. The van der Waals surface area contributed by atoms with Crippen molar-refractivity contribution < 1.29 is 9.18 Å². The highest BCUT2D eigenvalue weighted by Crippen LogP contribution is 2.12. The lowest BCUT2D eigenvalue weighted by Gasteiger charge is -2.16. The zero-order valence-corrected chi connectivity index (χ0v) is 14.8. The first kappa shape index (κ1) is 18.2. The Hall–Kier alpha value is -3.55. The Labute approximate surface area is 153 Å². The number of hydrogen-bond acceptors (Lipinski definition) is 4. The summed E-state index contributed by atoms with van der Waals surface area (Å²) in [4.78, 5) is 38.0. The van der Waals surface area contributed by atoms with Crippen LogP contribution in [-0.4, -0.2) is 19.5 Å². The van der Waals surface area contributed by atoms with Gasteiger partial charge in [-0.2, -0.15) is 0 Å². The van der Waals surface area contributed by atoms with Gasteiger partial charge in [-0.1, -0.05) is 0 Å². The number of aromatic nitrogens is 3. The maximum atomic E-state index is 13.2. The average Bonchev–Trinajstić information content (AvgIpc) is 2.66. The number of benzene rings is 1. The van der Waals surface area contributed by atoms with Gasteiger partial charge in [0.15, 0.2) is 5.78 Å². The number of pyridine rings is 1. The standard InChI is InChI=1S/C19H17FN4O3/c1-22-15(11-24-9-7-14(21)8-10-24)16(18(26)23(2)19(22)27)17(25)12-3-5-13(20)6-4-12/h3-10,21H,11H2,1-2H3. The molecule has 0 aliphatic carbocycles. The highest BCUT2D eigenvalue weighted by Gasteiger charge is 2.23. The molecule has 3 aromatic rings. The summed E-state index contributed by atoms with van der Waals surface area (Å²) in [6.07, 6.45) is 3.24. The minimum Gasteiger partial charge on any atom is -0.348 e. The number of halogens is 1. The van der Waals surface area contributed by atoms with Crippen LogP contribution in [0.2, 0.25) is 0 Å². The van der Waals surface area contributed by atoms with Gasteiger partial charge >= 0.3 is 5.69 Å². The zero-order chi connectivity index (χ0) is 19.7. The second kappa shape index (κ2) is 6.99. The Morgan fingerprint density at radius 1 is 1.00 bits per heavy atom. The third-order valence-corrected chi connectivity index (χ3v) is 4.34. The number of rotatable bonds is 4. The molecule has 0 aliphatic heterocycles. The fraction of sp³-hybridized carbons (Fsp3) is 0.158. The number of nitrogens with zero attached hydrogens (tertiary/aromatic N) is 3. The fourth-order valence-electron chi connectivity index (χ4n) is 2.78.